The molecule has 190 valence electrons. The van der Waals surface area contributed by atoms with Gasteiger partial charge in [0.25, 0.3) is 15.9 Å². The first kappa shape index (κ1) is 27.5. The maximum absolute atomic E-state index is 13.0. The molecular formula is C20H25FN6O7S. The number of hydrogen-bond donors (Lipinski definition) is 6. The van der Waals surface area contributed by atoms with E-state index in [2.05, 4.69) is 4.99 Å². The van der Waals surface area contributed by atoms with E-state index < -0.39 is 49.1 Å². The van der Waals surface area contributed by atoms with Gasteiger partial charge >= 0.3 is 6.03 Å². The van der Waals surface area contributed by atoms with Gasteiger partial charge in [-0.05, 0) is 74.3 Å². The summed E-state index contributed by atoms with van der Waals surface area (Å²) in [6.07, 6.45) is 0.700. The summed E-state index contributed by atoms with van der Waals surface area (Å²) < 4.78 is 43.6. The van der Waals surface area contributed by atoms with Crippen LogP contribution in [0.15, 0.2) is 58.4 Å². The molecule has 0 heterocycles. The van der Waals surface area contributed by atoms with E-state index in [9.17, 15) is 27.6 Å². The van der Waals surface area contributed by atoms with Crippen molar-refractivity contribution in [3.05, 3.63) is 54.3 Å². The SMILES string of the molecule is NCCCC[C@@H](N=C(NO)NC(N)=O)C(=O)N(O)S(=O)(=O)c1ccc(Oc2ccc(F)cc2)cc1. The summed E-state index contributed by atoms with van der Waals surface area (Å²) >= 11 is 0. The molecule has 0 saturated carbocycles. The molecule has 0 aliphatic rings. The van der Waals surface area contributed by atoms with Gasteiger partial charge in [0.2, 0.25) is 5.96 Å². The van der Waals surface area contributed by atoms with Gasteiger partial charge in [0.15, 0.2) is 0 Å². The van der Waals surface area contributed by atoms with Crippen LogP contribution in [0.3, 0.4) is 0 Å². The van der Waals surface area contributed by atoms with Crippen molar-refractivity contribution in [2.45, 2.75) is 30.2 Å². The number of urea groups is 1. The molecular weight excluding hydrogens is 487 g/mol. The van der Waals surface area contributed by atoms with Gasteiger partial charge in [-0.1, -0.05) is 0 Å². The second-order valence-electron chi connectivity index (χ2n) is 6.99. The molecule has 2 aromatic carbocycles. The van der Waals surface area contributed by atoms with Crippen LogP contribution < -0.4 is 27.0 Å². The predicted octanol–water partition coefficient (Wildman–Crippen LogP) is 1.03. The number of rotatable bonds is 10. The molecule has 0 bridgehead atoms. The van der Waals surface area contributed by atoms with E-state index in [0.29, 0.717) is 18.6 Å². The predicted molar refractivity (Wildman–Crippen MR) is 121 cm³/mol. The minimum atomic E-state index is -4.73. The Morgan fingerprint density at radius 1 is 1.09 bits per heavy atom. The van der Waals surface area contributed by atoms with Crippen LogP contribution >= 0.6 is 0 Å². The zero-order valence-electron chi connectivity index (χ0n) is 18.3. The Kier molecular flexibility index (Phi) is 9.89. The number of aliphatic imine (C=N–C) groups is 1. The maximum Gasteiger partial charge on any atom is 0.318 e. The molecule has 8 N–H and O–H groups in total. The Balaban J connectivity index is 2.23. The molecule has 0 spiro atoms. The van der Waals surface area contributed by atoms with Gasteiger partial charge in [-0.3, -0.25) is 20.5 Å². The van der Waals surface area contributed by atoms with Crippen molar-refractivity contribution in [1.29, 1.82) is 0 Å². The van der Waals surface area contributed by atoms with Crippen molar-refractivity contribution in [1.82, 2.24) is 15.3 Å². The van der Waals surface area contributed by atoms with Gasteiger partial charge < -0.3 is 16.2 Å². The minimum absolute atomic E-state index is 0.0708. The number of benzene rings is 2. The molecule has 1 atom stereocenters. The molecule has 3 amide bonds. The molecule has 0 aliphatic heterocycles. The number of hydrogen-bond acceptors (Lipinski definition) is 9. The summed E-state index contributed by atoms with van der Waals surface area (Å²) in [4.78, 5) is 27.1. The number of unbranched alkanes of at least 4 members (excludes halogenated alkanes) is 1. The van der Waals surface area contributed by atoms with E-state index in [1.165, 1.54) is 41.9 Å². The topological polar surface area (TPSA) is 210 Å². The van der Waals surface area contributed by atoms with Crippen molar-refractivity contribution < 1.29 is 37.5 Å². The van der Waals surface area contributed by atoms with Crippen LogP contribution in [-0.2, 0) is 14.8 Å². The summed E-state index contributed by atoms with van der Waals surface area (Å²) in [6, 6.07) is 7.22. The van der Waals surface area contributed by atoms with Crippen molar-refractivity contribution in [2.24, 2.45) is 16.5 Å². The number of nitrogens with zero attached hydrogens (tertiary/aromatic N) is 2. The lowest BCUT2D eigenvalue weighted by Crippen LogP contribution is -2.45. The van der Waals surface area contributed by atoms with Gasteiger partial charge in [-0.25, -0.2) is 19.7 Å². The number of hydroxylamine groups is 2. The third-order valence-electron chi connectivity index (χ3n) is 4.44. The van der Waals surface area contributed by atoms with Crippen LogP contribution in [-0.4, -0.2) is 53.8 Å². The largest absolute Gasteiger partial charge is 0.457 e. The second-order valence-corrected chi connectivity index (χ2v) is 8.76. The van der Waals surface area contributed by atoms with E-state index in [1.54, 1.807) is 0 Å². The molecule has 0 saturated heterocycles. The first-order chi connectivity index (χ1) is 16.6. The molecule has 0 unspecified atom stereocenters. The van der Waals surface area contributed by atoms with Gasteiger partial charge in [-0.15, -0.1) is 4.47 Å². The molecule has 0 aliphatic carbocycles. The average Bonchev–Trinajstić information content (AvgIpc) is 2.83. The highest BCUT2D eigenvalue weighted by Crippen LogP contribution is 2.24. The van der Waals surface area contributed by atoms with Gasteiger partial charge in [0, 0.05) is 0 Å². The number of nitrogens with one attached hydrogen (secondary N) is 2. The highest BCUT2D eigenvalue weighted by molar-refractivity contribution is 7.89. The first-order valence-corrected chi connectivity index (χ1v) is 11.6. The van der Waals surface area contributed by atoms with Crippen LogP contribution in [0.2, 0.25) is 0 Å². The molecule has 0 aromatic heterocycles. The van der Waals surface area contributed by atoms with Gasteiger partial charge in [0.1, 0.15) is 23.4 Å². The summed E-state index contributed by atoms with van der Waals surface area (Å²) in [5.41, 5.74) is 11.9. The van der Waals surface area contributed by atoms with Crippen molar-refractivity contribution >= 4 is 27.9 Å². The average molecular weight is 513 g/mol. The summed E-state index contributed by atoms with van der Waals surface area (Å²) in [5.74, 6) is -1.92. The molecule has 0 radical (unpaired) electrons. The van der Waals surface area contributed by atoms with Crippen LogP contribution in [0.25, 0.3) is 0 Å². The van der Waals surface area contributed by atoms with Crippen molar-refractivity contribution in [2.75, 3.05) is 6.54 Å². The fourth-order valence-electron chi connectivity index (χ4n) is 2.75. The van der Waals surface area contributed by atoms with Crippen LogP contribution in [0.1, 0.15) is 19.3 Å². The maximum atomic E-state index is 13.0. The lowest BCUT2D eigenvalue weighted by molar-refractivity contribution is -0.147. The lowest BCUT2D eigenvalue weighted by Gasteiger charge is -2.20. The van der Waals surface area contributed by atoms with Gasteiger partial charge in [-0.2, -0.15) is 8.42 Å². The third-order valence-corrected chi connectivity index (χ3v) is 5.94. The standard InChI is InChI=1S/C20H25FN6O7S/c21-13-4-6-14(7-5-13)34-15-8-10-16(11-9-15)35(32,33)27(31)18(28)17(3-1-2-12-22)24-20(26-30)25-19(23)29/h4-11,17,30-31H,1-3,12,22H2,(H4,23,24,25,26,29)/t17-/m1/s1. The van der Waals surface area contributed by atoms with E-state index in [-0.39, 0.29) is 18.7 Å². The number of primary amides is 1. The number of sulfonamides is 1. The normalized spacial score (nSPS) is 12.5. The Hall–Kier alpha value is -3.79. The highest BCUT2D eigenvalue weighted by atomic mass is 32.2. The molecule has 13 nitrogen and oxygen atoms in total. The Morgan fingerprint density at radius 2 is 1.66 bits per heavy atom. The quantitative estimate of drug-likeness (QED) is 0.0881. The molecule has 0 fully saturated rings. The summed E-state index contributed by atoms with van der Waals surface area (Å²) in [6.45, 7) is 0.281. The first-order valence-electron chi connectivity index (χ1n) is 10.1. The Bertz CT molecular complexity index is 1140. The number of carbonyl (C=O) groups excluding carboxylic acids is 2. The monoisotopic (exact) mass is 512 g/mol. The van der Waals surface area contributed by atoms with E-state index in [4.69, 9.17) is 21.4 Å². The number of amides is 3. The zero-order chi connectivity index (χ0) is 26.0. The second kappa shape index (κ2) is 12.6. The van der Waals surface area contributed by atoms with Crippen molar-refractivity contribution in [3.8, 4) is 11.5 Å². The zero-order valence-corrected chi connectivity index (χ0v) is 19.1. The fourth-order valence-corrected chi connectivity index (χ4v) is 3.79. The summed E-state index contributed by atoms with van der Waals surface area (Å²) in [5, 5.41) is 21.3. The minimum Gasteiger partial charge on any atom is -0.457 e. The number of halogens is 1. The number of carbonyl (C=O) groups is 2. The molecule has 2 aromatic rings. The number of guanidine groups is 1. The Labute approximate surface area is 200 Å². The molecule has 15 heteroatoms. The van der Waals surface area contributed by atoms with Crippen LogP contribution in [0.4, 0.5) is 9.18 Å². The van der Waals surface area contributed by atoms with E-state index in [0.717, 1.165) is 12.1 Å². The van der Waals surface area contributed by atoms with Crippen LogP contribution in [0, 0.1) is 5.82 Å². The highest BCUT2D eigenvalue weighted by Gasteiger charge is 2.33. The van der Waals surface area contributed by atoms with E-state index in [1.807, 2.05) is 5.32 Å². The third kappa shape index (κ3) is 7.89. The summed E-state index contributed by atoms with van der Waals surface area (Å²) in [7, 11) is -4.73. The van der Waals surface area contributed by atoms with Crippen LogP contribution in [0.5, 0.6) is 11.5 Å². The molecule has 35 heavy (non-hydrogen) atoms. The number of ether oxygens (including phenoxy) is 1. The number of nitrogens with two attached hydrogens (primary N) is 2. The van der Waals surface area contributed by atoms with E-state index >= 15 is 0 Å². The Morgan fingerprint density at radius 3 is 2.17 bits per heavy atom. The van der Waals surface area contributed by atoms with Gasteiger partial charge in [0.05, 0.1) is 4.90 Å². The lowest BCUT2D eigenvalue weighted by atomic mass is 10.1. The smallest absolute Gasteiger partial charge is 0.318 e. The van der Waals surface area contributed by atoms with Crippen molar-refractivity contribution in [3.63, 3.8) is 0 Å². The molecule has 2 rings (SSSR count). The fraction of sp³-hybridized carbons (Fsp3) is 0.250.